The van der Waals surface area contributed by atoms with E-state index in [1.54, 1.807) is 5.57 Å². The van der Waals surface area contributed by atoms with Gasteiger partial charge in [-0.25, -0.2) is 0 Å². The second-order valence-electron chi connectivity index (χ2n) is 12.9. The first-order valence-corrected chi connectivity index (χ1v) is 13.2. The Balaban J connectivity index is 1.34. The molecule has 0 aromatic rings. The molecule has 170 valence electrons. The third-order valence-electron chi connectivity index (χ3n) is 11.4. The summed E-state index contributed by atoms with van der Waals surface area (Å²) in [6.07, 6.45) is 13.6. The summed E-state index contributed by atoms with van der Waals surface area (Å²) in [5.74, 6) is 5.56. The molecule has 4 fully saturated rings. The first-order valence-electron chi connectivity index (χ1n) is 13.2. The Hall–Kier alpha value is -0.340. The Morgan fingerprint density at radius 1 is 0.967 bits per heavy atom. The number of rotatable bonds is 4. The third-order valence-corrected chi connectivity index (χ3v) is 11.4. The van der Waals surface area contributed by atoms with Gasteiger partial charge in [0.2, 0.25) is 0 Å². The zero-order valence-electron chi connectivity index (χ0n) is 20.4. The van der Waals surface area contributed by atoms with E-state index in [-0.39, 0.29) is 6.10 Å². The highest BCUT2D eigenvalue weighted by atomic mass is 16.6. The van der Waals surface area contributed by atoms with Crippen LogP contribution in [0.4, 0.5) is 0 Å². The molecule has 2 nitrogen and oxygen atoms in total. The molecule has 11 atom stereocenters. The molecule has 5 aliphatic rings. The van der Waals surface area contributed by atoms with Gasteiger partial charge in [-0.05, 0) is 104 Å². The summed E-state index contributed by atoms with van der Waals surface area (Å²) < 4.78 is 6.31. The van der Waals surface area contributed by atoms with Crippen LogP contribution >= 0.6 is 0 Å². The number of ether oxygens (including phenoxy) is 1. The second kappa shape index (κ2) is 7.34. The molecular formula is C28H46O2. The Labute approximate surface area is 185 Å². The van der Waals surface area contributed by atoms with E-state index in [2.05, 4.69) is 47.6 Å². The molecule has 3 saturated carbocycles. The molecule has 0 spiro atoms. The minimum Gasteiger partial charge on any atom is -0.393 e. The lowest BCUT2D eigenvalue weighted by Crippen LogP contribution is -2.51. The Kier molecular flexibility index (Phi) is 5.26. The lowest BCUT2D eigenvalue weighted by atomic mass is 9.47. The number of epoxide rings is 1. The number of aliphatic hydroxyl groups is 1. The molecule has 2 heteroatoms. The third kappa shape index (κ3) is 3.10. The molecule has 0 radical (unpaired) electrons. The summed E-state index contributed by atoms with van der Waals surface area (Å²) in [5, 5.41) is 10.2. The maximum Gasteiger partial charge on any atom is 0.0873 e. The highest BCUT2D eigenvalue weighted by Crippen LogP contribution is 2.67. The number of hydrogen-bond donors (Lipinski definition) is 1. The van der Waals surface area contributed by atoms with Crippen molar-refractivity contribution in [3.8, 4) is 0 Å². The molecule has 3 unspecified atom stereocenters. The van der Waals surface area contributed by atoms with Crippen molar-refractivity contribution >= 4 is 0 Å². The topological polar surface area (TPSA) is 32.8 Å². The normalized spacial score (nSPS) is 52.1. The van der Waals surface area contributed by atoms with Crippen LogP contribution < -0.4 is 0 Å². The summed E-state index contributed by atoms with van der Waals surface area (Å²) in [6.45, 7) is 14.8. The van der Waals surface area contributed by atoms with Crippen molar-refractivity contribution in [3.05, 3.63) is 11.6 Å². The zero-order valence-corrected chi connectivity index (χ0v) is 20.4. The van der Waals surface area contributed by atoms with Crippen LogP contribution in [-0.4, -0.2) is 23.4 Å². The smallest absolute Gasteiger partial charge is 0.0873 e. The van der Waals surface area contributed by atoms with Gasteiger partial charge in [0.05, 0.1) is 18.3 Å². The van der Waals surface area contributed by atoms with Crippen LogP contribution in [0.15, 0.2) is 11.6 Å². The van der Waals surface area contributed by atoms with Crippen molar-refractivity contribution in [1.82, 2.24) is 0 Å². The minimum atomic E-state index is -0.0915. The second-order valence-corrected chi connectivity index (χ2v) is 12.9. The van der Waals surface area contributed by atoms with Gasteiger partial charge in [-0.15, -0.1) is 0 Å². The van der Waals surface area contributed by atoms with E-state index in [1.165, 1.54) is 38.5 Å². The van der Waals surface area contributed by atoms with Crippen LogP contribution in [0.25, 0.3) is 0 Å². The highest BCUT2D eigenvalue weighted by Gasteiger charge is 2.61. The molecule has 5 rings (SSSR count). The summed E-state index contributed by atoms with van der Waals surface area (Å²) >= 11 is 0. The average Bonchev–Trinajstić information content (AvgIpc) is 3.42. The molecular weight excluding hydrogens is 368 g/mol. The van der Waals surface area contributed by atoms with Crippen LogP contribution in [0.1, 0.15) is 92.9 Å². The van der Waals surface area contributed by atoms with Crippen molar-refractivity contribution in [2.45, 2.75) is 111 Å². The molecule has 0 amide bonds. The molecule has 30 heavy (non-hydrogen) atoms. The fourth-order valence-electron chi connectivity index (χ4n) is 9.14. The molecule has 1 N–H and O–H groups in total. The molecule has 1 heterocycles. The molecule has 1 saturated heterocycles. The van der Waals surface area contributed by atoms with E-state index in [1.807, 2.05) is 0 Å². The molecule has 0 aromatic carbocycles. The van der Waals surface area contributed by atoms with E-state index >= 15 is 0 Å². The monoisotopic (exact) mass is 414 g/mol. The first kappa shape index (κ1) is 21.5. The molecule has 0 bridgehead atoms. The summed E-state index contributed by atoms with van der Waals surface area (Å²) in [4.78, 5) is 0. The average molecular weight is 415 g/mol. The van der Waals surface area contributed by atoms with E-state index in [4.69, 9.17) is 4.74 Å². The van der Waals surface area contributed by atoms with E-state index in [9.17, 15) is 5.11 Å². The van der Waals surface area contributed by atoms with Crippen molar-refractivity contribution in [3.63, 3.8) is 0 Å². The van der Waals surface area contributed by atoms with Gasteiger partial charge < -0.3 is 9.84 Å². The maximum absolute atomic E-state index is 10.2. The first-order chi connectivity index (χ1) is 14.2. The SMILES string of the molecule is CC(C)[C@H](C)[C@H]1O[C@@H]1[C@@H](C)[C@H]1CCC2C3CC=C4C[C@@H](O)CC[C@]4(C)C3CC[C@@]21C. The van der Waals surface area contributed by atoms with E-state index in [0.717, 1.165) is 36.5 Å². The predicted octanol–water partition coefficient (Wildman–Crippen LogP) is 6.62. The van der Waals surface area contributed by atoms with Gasteiger partial charge >= 0.3 is 0 Å². The summed E-state index contributed by atoms with van der Waals surface area (Å²) in [5.41, 5.74) is 2.48. The van der Waals surface area contributed by atoms with Crippen LogP contribution in [0.5, 0.6) is 0 Å². The molecule has 4 aliphatic carbocycles. The van der Waals surface area contributed by atoms with E-state index in [0.29, 0.717) is 40.8 Å². The lowest BCUT2D eigenvalue weighted by molar-refractivity contribution is -0.0582. The van der Waals surface area contributed by atoms with Crippen LogP contribution in [0.3, 0.4) is 0 Å². The summed E-state index contributed by atoms with van der Waals surface area (Å²) in [7, 11) is 0. The number of allylic oxidation sites excluding steroid dienone is 1. The van der Waals surface area contributed by atoms with Gasteiger partial charge in [0.25, 0.3) is 0 Å². The van der Waals surface area contributed by atoms with Gasteiger partial charge in [0.15, 0.2) is 0 Å². The van der Waals surface area contributed by atoms with Crippen LogP contribution in [0.2, 0.25) is 0 Å². The fraction of sp³-hybridized carbons (Fsp3) is 0.929. The van der Waals surface area contributed by atoms with Gasteiger partial charge in [0.1, 0.15) is 0 Å². The maximum atomic E-state index is 10.2. The minimum absolute atomic E-state index is 0.0915. The van der Waals surface area contributed by atoms with Crippen molar-refractivity contribution in [1.29, 1.82) is 0 Å². The van der Waals surface area contributed by atoms with Gasteiger partial charge in [-0.2, -0.15) is 0 Å². The number of fused-ring (bicyclic) bond motifs is 5. The predicted molar refractivity (Wildman–Crippen MR) is 123 cm³/mol. The van der Waals surface area contributed by atoms with Crippen LogP contribution in [0, 0.1) is 52.3 Å². The molecule has 0 aromatic heterocycles. The number of aliphatic hydroxyl groups excluding tert-OH is 1. The fourth-order valence-corrected chi connectivity index (χ4v) is 9.14. The van der Waals surface area contributed by atoms with Gasteiger partial charge in [0, 0.05) is 0 Å². The quantitative estimate of drug-likeness (QED) is 0.414. The Bertz CT molecular complexity index is 697. The Morgan fingerprint density at radius 3 is 2.47 bits per heavy atom. The Morgan fingerprint density at radius 2 is 1.73 bits per heavy atom. The van der Waals surface area contributed by atoms with Gasteiger partial charge in [-0.3, -0.25) is 0 Å². The lowest BCUT2D eigenvalue weighted by Gasteiger charge is -2.58. The van der Waals surface area contributed by atoms with Crippen molar-refractivity contribution in [2.24, 2.45) is 52.3 Å². The zero-order chi connectivity index (χ0) is 21.4. The number of hydrogen-bond acceptors (Lipinski definition) is 2. The largest absolute Gasteiger partial charge is 0.393 e. The standard InChI is InChI=1S/C28H46O2/c1-16(2)17(3)25-26(30-25)18(4)22-9-10-23-21-8-7-19-15-20(29)11-13-27(19,5)24(21)12-14-28(22,23)6/h7,16-18,20-26,29H,8-15H2,1-6H3/t17-,18-,20-,21?,22+,23?,24?,25+,26+,27-,28+/m0/s1. The van der Waals surface area contributed by atoms with Gasteiger partial charge in [-0.1, -0.05) is 53.2 Å². The molecule has 1 aliphatic heterocycles. The highest BCUT2D eigenvalue weighted by molar-refractivity contribution is 5.25. The summed E-state index contributed by atoms with van der Waals surface area (Å²) in [6, 6.07) is 0. The van der Waals surface area contributed by atoms with Crippen molar-refractivity contribution in [2.75, 3.05) is 0 Å². The van der Waals surface area contributed by atoms with E-state index < -0.39 is 0 Å². The van der Waals surface area contributed by atoms with Crippen molar-refractivity contribution < 1.29 is 9.84 Å². The van der Waals surface area contributed by atoms with Crippen LogP contribution in [-0.2, 0) is 4.74 Å².